The molecule has 1 aliphatic heterocycles. The summed E-state index contributed by atoms with van der Waals surface area (Å²) in [6.45, 7) is 0. The van der Waals surface area contributed by atoms with Gasteiger partial charge in [0, 0.05) is 6.42 Å². The van der Waals surface area contributed by atoms with Crippen molar-refractivity contribution in [2.45, 2.75) is 6.42 Å². The lowest BCUT2D eigenvalue weighted by Crippen LogP contribution is -1.97. The monoisotopic (exact) mass is 133 g/mol. The van der Waals surface area contributed by atoms with Gasteiger partial charge in [0.2, 0.25) is 0 Å². The average Bonchev–Trinajstić information content (AvgIpc) is 2.12. The van der Waals surface area contributed by atoms with E-state index in [2.05, 4.69) is 4.99 Å². The largest absolute Gasteiger partial charge is 0.450 e. The Kier molecular flexibility index (Phi) is 1.17. The quantitative estimate of drug-likeness (QED) is 0.493. The third kappa shape index (κ3) is 0.880. The molecule has 0 fully saturated rings. The Morgan fingerprint density at radius 2 is 2.20 bits per heavy atom. The second kappa shape index (κ2) is 2.14. The number of ether oxygens (including phenoxy) is 1. The predicted molar refractivity (Wildman–Crippen MR) is 39.5 cm³/mol. The minimum absolute atomic E-state index is 0.823. The molecule has 0 aromatic heterocycles. The van der Waals surface area contributed by atoms with E-state index < -0.39 is 0 Å². The number of nitrogens with zero attached hydrogens (tertiary/aromatic N) is 1. The lowest BCUT2D eigenvalue weighted by molar-refractivity contribution is 0.407. The summed E-state index contributed by atoms with van der Waals surface area (Å²) in [6, 6.07) is 0. The van der Waals surface area contributed by atoms with Gasteiger partial charge in [0.25, 0.3) is 0 Å². The van der Waals surface area contributed by atoms with Gasteiger partial charge in [0.15, 0.2) is 6.40 Å². The van der Waals surface area contributed by atoms with Crippen LogP contribution >= 0.6 is 0 Å². The standard InChI is InChI=1S/C8H7NO/c1-2-4-8-5-7(3-1)9-6-10-8/h1-4,6H,5H2. The first-order valence-corrected chi connectivity index (χ1v) is 3.21. The molecule has 0 spiro atoms. The molecule has 0 aromatic carbocycles. The summed E-state index contributed by atoms with van der Waals surface area (Å²) in [5, 5.41) is 0. The zero-order valence-corrected chi connectivity index (χ0v) is 5.45. The van der Waals surface area contributed by atoms with Crippen LogP contribution in [0.15, 0.2) is 40.8 Å². The fourth-order valence-electron chi connectivity index (χ4n) is 0.957. The van der Waals surface area contributed by atoms with Gasteiger partial charge < -0.3 is 4.74 Å². The predicted octanol–water partition coefficient (Wildman–Crippen LogP) is 1.77. The van der Waals surface area contributed by atoms with Crippen molar-refractivity contribution in [1.82, 2.24) is 0 Å². The van der Waals surface area contributed by atoms with E-state index in [4.69, 9.17) is 4.74 Å². The molecule has 1 heterocycles. The zero-order valence-electron chi connectivity index (χ0n) is 5.45. The number of hydrogen-bond acceptors (Lipinski definition) is 2. The van der Waals surface area contributed by atoms with Crippen molar-refractivity contribution in [3.8, 4) is 0 Å². The van der Waals surface area contributed by atoms with E-state index in [1.165, 1.54) is 6.40 Å². The first kappa shape index (κ1) is 5.47. The summed E-state index contributed by atoms with van der Waals surface area (Å²) in [4.78, 5) is 4.03. The summed E-state index contributed by atoms with van der Waals surface area (Å²) in [5.74, 6) is 0.968. The van der Waals surface area contributed by atoms with Crippen LogP contribution in [-0.2, 0) is 4.74 Å². The van der Waals surface area contributed by atoms with Crippen LogP contribution < -0.4 is 0 Å². The van der Waals surface area contributed by atoms with Gasteiger partial charge in [-0.3, -0.25) is 0 Å². The van der Waals surface area contributed by atoms with Crippen LogP contribution in [0, 0.1) is 0 Å². The first-order valence-electron chi connectivity index (χ1n) is 3.21. The Balaban J connectivity index is 2.44. The molecule has 0 amide bonds. The maximum Gasteiger partial charge on any atom is 0.180 e. The van der Waals surface area contributed by atoms with E-state index in [1.54, 1.807) is 0 Å². The number of rotatable bonds is 0. The van der Waals surface area contributed by atoms with Gasteiger partial charge in [-0.2, -0.15) is 0 Å². The Bertz CT molecular complexity index is 258. The number of hydrogen-bond donors (Lipinski definition) is 0. The van der Waals surface area contributed by atoms with Crippen LogP contribution in [0.5, 0.6) is 0 Å². The molecule has 2 heteroatoms. The van der Waals surface area contributed by atoms with E-state index in [0.29, 0.717) is 0 Å². The van der Waals surface area contributed by atoms with Crippen LogP contribution in [0.4, 0.5) is 0 Å². The van der Waals surface area contributed by atoms with E-state index in [1.807, 2.05) is 24.3 Å². The van der Waals surface area contributed by atoms with Gasteiger partial charge in [-0.25, -0.2) is 4.99 Å². The molecule has 0 atom stereocenters. The van der Waals surface area contributed by atoms with Crippen LogP contribution in [0.3, 0.4) is 0 Å². The highest BCUT2D eigenvalue weighted by Crippen LogP contribution is 2.19. The molecule has 2 bridgehead atoms. The molecule has 50 valence electrons. The highest BCUT2D eigenvalue weighted by atomic mass is 16.5. The summed E-state index contributed by atoms with van der Waals surface area (Å²) in [5.41, 5.74) is 1.06. The number of fused-ring (bicyclic) bond motifs is 2. The molecule has 0 N–H and O–H groups in total. The lowest BCUT2D eigenvalue weighted by atomic mass is 10.2. The summed E-state index contributed by atoms with van der Waals surface area (Å²) >= 11 is 0. The second-order valence-corrected chi connectivity index (χ2v) is 2.21. The maximum absolute atomic E-state index is 5.11. The molecule has 0 saturated heterocycles. The molecular weight excluding hydrogens is 126 g/mol. The van der Waals surface area contributed by atoms with E-state index in [9.17, 15) is 0 Å². The fraction of sp³-hybridized carbons (Fsp3) is 0.125. The first-order chi connectivity index (χ1) is 4.95. The van der Waals surface area contributed by atoms with Gasteiger partial charge in [0.05, 0.1) is 5.70 Å². The van der Waals surface area contributed by atoms with Gasteiger partial charge in [-0.1, -0.05) is 12.2 Å². The van der Waals surface area contributed by atoms with Crippen molar-refractivity contribution in [2.24, 2.45) is 4.99 Å². The van der Waals surface area contributed by atoms with Crippen LogP contribution in [-0.4, -0.2) is 6.40 Å². The molecule has 1 aliphatic carbocycles. The maximum atomic E-state index is 5.11. The smallest absolute Gasteiger partial charge is 0.180 e. The Morgan fingerprint density at radius 1 is 1.30 bits per heavy atom. The minimum atomic E-state index is 0.823. The molecule has 0 unspecified atom stereocenters. The third-order valence-electron chi connectivity index (χ3n) is 1.46. The Hall–Kier alpha value is -1.31. The molecule has 0 radical (unpaired) electrons. The molecule has 2 rings (SSSR count). The van der Waals surface area contributed by atoms with Gasteiger partial charge in [-0.15, -0.1) is 0 Å². The van der Waals surface area contributed by atoms with Gasteiger partial charge in [-0.05, 0) is 12.2 Å². The molecule has 0 aromatic rings. The minimum Gasteiger partial charge on any atom is -0.450 e. The number of aliphatic imine (C=N–C) groups is 1. The highest BCUT2D eigenvalue weighted by Gasteiger charge is 2.06. The van der Waals surface area contributed by atoms with Crippen molar-refractivity contribution in [1.29, 1.82) is 0 Å². The topological polar surface area (TPSA) is 21.6 Å². The van der Waals surface area contributed by atoms with E-state index in [-0.39, 0.29) is 0 Å². The summed E-state index contributed by atoms with van der Waals surface area (Å²) < 4.78 is 5.11. The SMILES string of the molecule is C1=CC=C2CC(=C1)N=CO2. The van der Waals surface area contributed by atoms with Crippen molar-refractivity contribution in [3.05, 3.63) is 35.8 Å². The second-order valence-electron chi connectivity index (χ2n) is 2.21. The average molecular weight is 133 g/mol. The molecule has 0 saturated carbocycles. The van der Waals surface area contributed by atoms with Crippen molar-refractivity contribution in [3.63, 3.8) is 0 Å². The fourth-order valence-corrected chi connectivity index (χ4v) is 0.957. The summed E-state index contributed by atoms with van der Waals surface area (Å²) in [7, 11) is 0. The molecular formula is C8H7NO. The van der Waals surface area contributed by atoms with E-state index in [0.717, 1.165) is 17.9 Å². The third-order valence-corrected chi connectivity index (χ3v) is 1.46. The van der Waals surface area contributed by atoms with Crippen LogP contribution in [0.2, 0.25) is 0 Å². The van der Waals surface area contributed by atoms with E-state index >= 15 is 0 Å². The van der Waals surface area contributed by atoms with Crippen LogP contribution in [0.1, 0.15) is 6.42 Å². The molecule has 2 aliphatic rings. The highest BCUT2D eigenvalue weighted by molar-refractivity contribution is 5.54. The lowest BCUT2D eigenvalue weighted by Gasteiger charge is -2.08. The van der Waals surface area contributed by atoms with Gasteiger partial charge >= 0.3 is 0 Å². The van der Waals surface area contributed by atoms with Crippen molar-refractivity contribution < 1.29 is 4.74 Å². The number of allylic oxidation sites excluding steroid dienone is 4. The van der Waals surface area contributed by atoms with Crippen molar-refractivity contribution >= 4 is 6.40 Å². The zero-order chi connectivity index (χ0) is 6.81. The Morgan fingerprint density at radius 3 is 3.20 bits per heavy atom. The van der Waals surface area contributed by atoms with Gasteiger partial charge in [0.1, 0.15) is 5.76 Å². The van der Waals surface area contributed by atoms with Crippen LogP contribution in [0.25, 0.3) is 0 Å². The molecule has 10 heavy (non-hydrogen) atoms. The molecule has 2 nitrogen and oxygen atoms in total. The normalized spacial score (nSPS) is 20.8. The summed E-state index contributed by atoms with van der Waals surface area (Å²) in [6.07, 6.45) is 10.2. The Labute approximate surface area is 59.2 Å². The van der Waals surface area contributed by atoms with Crippen molar-refractivity contribution in [2.75, 3.05) is 0 Å².